The largest absolute Gasteiger partial charge is 0.350 e. The van der Waals surface area contributed by atoms with Crippen LogP contribution in [0.4, 0.5) is 5.69 Å². The number of hydrogen-bond acceptors (Lipinski definition) is 3. The molecule has 3 rings (SSSR count). The van der Waals surface area contributed by atoms with Crippen molar-refractivity contribution >= 4 is 5.69 Å². The SMILES string of the molecule is O=[N+]([O-])c1cccc(C2NCCCn3cccc32)c1. The van der Waals surface area contributed by atoms with Gasteiger partial charge in [-0.25, -0.2) is 0 Å². The van der Waals surface area contributed by atoms with Gasteiger partial charge in [-0.3, -0.25) is 10.1 Å². The highest BCUT2D eigenvalue weighted by Gasteiger charge is 2.21. The van der Waals surface area contributed by atoms with E-state index >= 15 is 0 Å². The van der Waals surface area contributed by atoms with Gasteiger partial charge in [0.2, 0.25) is 0 Å². The van der Waals surface area contributed by atoms with E-state index in [2.05, 4.69) is 22.1 Å². The first-order valence-electron chi connectivity index (χ1n) is 6.38. The standard InChI is InChI=1S/C14H15N3O2/c18-17(19)12-5-1-4-11(10-12)14-13-6-2-8-16(13)9-3-7-15-14/h1-2,4-6,8,10,14-15H,3,7,9H2. The Kier molecular flexibility index (Phi) is 3.05. The molecule has 1 aliphatic heterocycles. The van der Waals surface area contributed by atoms with Crippen LogP contribution >= 0.6 is 0 Å². The lowest BCUT2D eigenvalue weighted by atomic mass is 10.0. The summed E-state index contributed by atoms with van der Waals surface area (Å²) >= 11 is 0. The van der Waals surface area contributed by atoms with E-state index in [1.807, 2.05) is 12.1 Å². The zero-order valence-corrected chi connectivity index (χ0v) is 10.5. The smallest absolute Gasteiger partial charge is 0.269 e. The van der Waals surface area contributed by atoms with Gasteiger partial charge in [-0.2, -0.15) is 0 Å². The van der Waals surface area contributed by atoms with Crippen molar-refractivity contribution in [1.29, 1.82) is 0 Å². The van der Waals surface area contributed by atoms with Crippen LogP contribution < -0.4 is 5.32 Å². The normalized spacial score (nSPS) is 18.6. The average molecular weight is 257 g/mol. The molecule has 2 aromatic rings. The Bertz CT molecular complexity index is 606. The van der Waals surface area contributed by atoms with Crippen molar-refractivity contribution in [1.82, 2.24) is 9.88 Å². The molecule has 1 N–H and O–H groups in total. The predicted molar refractivity (Wildman–Crippen MR) is 72.0 cm³/mol. The molecule has 0 aliphatic carbocycles. The first kappa shape index (κ1) is 11.9. The molecular weight excluding hydrogens is 242 g/mol. The lowest BCUT2D eigenvalue weighted by Gasteiger charge is -2.17. The maximum atomic E-state index is 10.9. The second kappa shape index (κ2) is 4.85. The van der Waals surface area contributed by atoms with Gasteiger partial charge >= 0.3 is 0 Å². The first-order valence-corrected chi connectivity index (χ1v) is 6.38. The highest BCUT2D eigenvalue weighted by Crippen LogP contribution is 2.27. The summed E-state index contributed by atoms with van der Waals surface area (Å²) in [7, 11) is 0. The van der Waals surface area contributed by atoms with Crippen LogP contribution in [-0.4, -0.2) is 16.0 Å². The molecule has 0 amide bonds. The van der Waals surface area contributed by atoms with E-state index in [-0.39, 0.29) is 16.7 Å². The fraction of sp³-hybridized carbons (Fsp3) is 0.286. The maximum Gasteiger partial charge on any atom is 0.269 e. The first-order chi connectivity index (χ1) is 9.25. The van der Waals surface area contributed by atoms with Gasteiger partial charge in [-0.05, 0) is 30.7 Å². The molecule has 19 heavy (non-hydrogen) atoms. The van der Waals surface area contributed by atoms with Crippen LogP contribution in [-0.2, 0) is 6.54 Å². The van der Waals surface area contributed by atoms with Gasteiger partial charge in [0.25, 0.3) is 5.69 Å². The number of nitro benzene ring substituents is 1. The summed E-state index contributed by atoms with van der Waals surface area (Å²) in [6, 6.07) is 11.0. The molecule has 0 spiro atoms. The van der Waals surface area contributed by atoms with E-state index in [1.54, 1.807) is 12.1 Å². The van der Waals surface area contributed by atoms with Crippen LogP contribution in [0.5, 0.6) is 0 Å². The van der Waals surface area contributed by atoms with Crippen LogP contribution in [0.3, 0.4) is 0 Å². The van der Waals surface area contributed by atoms with E-state index in [1.165, 1.54) is 6.07 Å². The Hall–Kier alpha value is -2.14. The number of rotatable bonds is 2. The van der Waals surface area contributed by atoms with E-state index in [9.17, 15) is 10.1 Å². The van der Waals surface area contributed by atoms with Gasteiger partial charge in [-0.1, -0.05) is 12.1 Å². The lowest BCUT2D eigenvalue weighted by Crippen LogP contribution is -2.22. The molecule has 0 saturated heterocycles. The molecule has 1 aliphatic rings. The average Bonchev–Trinajstić information content (AvgIpc) is 2.78. The Morgan fingerprint density at radius 2 is 2.21 bits per heavy atom. The van der Waals surface area contributed by atoms with Gasteiger partial charge in [0.15, 0.2) is 0 Å². The molecule has 0 fully saturated rings. The number of nitrogens with one attached hydrogen (secondary N) is 1. The number of benzene rings is 1. The molecule has 1 atom stereocenters. The zero-order chi connectivity index (χ0) is 13.2. The third kappa shape index (κ3) is 2.24. The van der Waals surface area contributed by atoms with E-state index in [0.717, 1.165) is 30.8 Å². The molecule has 2 heterocycles. The summed E-state index contributed by atoms with van der Waals surface area (Å²) in [5.74, 6) is 0. The van der Waals surface area contributed by atoms with E-state index < -0.39 is 0 Å². The minimum absolute atomic E-state index is 0.0254. The number of nitro groups is 1. The number of non-ortho nitro benzene ring substituents is 1. The molecule has 1 unspecified atom stereocenters. The number of aryl methyl sites for hydroxylation is 1. The van der Waals surface area contributed by atoms with Crippen molar-refractivity contribution in [3.05, 3.63) is 64.0 Å². The number of fused-ring (bicyclic) bond motifs is 1. The Labute approximate surface area is 111 Å². The fourth-order valence-electron chi connectivity index (χ4n) is 2.60. The molecule has 0 saturated carbocycles. The van der Waals surface area contributed by atoms with Gasteiger partial charge in [0.05, 0.1) is 11.0 Å². The molecule has 1 aromatic heterocycles. The highest BCUT2D eigenvalue weighted by molar-refractivity contribution is 5.39. The van der Waals surface area contributed by atoms with Gasteiger partial charge in [-0.15, -0.1) is 0 Å². The van der Waals surface area contributed by atoms with Crippen molar-refractivity contribution in [2.45, 2.75) is 19.0 Å². The van der Waals surface area contributed by atoms with E-state index in [0.29, 0.717) is 0 Å². The predicted octanol–water partition coefficient (Wildman–Crippen LogP) is 2.48. The monoisotopic (exact) mass is 257 g/mol. The number of hydrogen-bond donors (Lipinski definition) is 1. The van der Waals surface area contributed by atoms with Gasteiger partial charge < -0.3 is 9.88 Å². The quantitative estimate of drug-likeness (QED) is 0.664. The van der Waals surface area contributed by atoms with E-state index in [4.69, 9.17) is 0 Å². The number of aromatic nitrogens is 1. The Balaban J connectivity index is 2.02. The summed E-state index contributed by atoms with van der Waals surface area (Å²) in [6.45, 7) is 1.90. The Morgan fingerprint density at radius 1 is 1.32 bits per heavy atom. The van der Waals surface area contributed by atoms with Crippen LogP contribution in [0.2, 0.25) is 0 Å². The lowest BCUT2D eigenvalue weighted by molar-refractivity contribution is -0.384. The maximum absolute atomic E-state index is 10.9. The van der Waals surface area contributed by atoms with Gasteiger partial charge in [0.1, 0.15) is 0 Å². The van der Waals surface area contributed by atoms with Crippen molar-refractivity contribution in [3.63, 3.8) is 0 Å². The van der Waals surface area contributed by atoms with Crippen molar-refractivity contribution in [3.8, 4) is 0 Å². The molecule has 5 heteroatoms. The minimum atomic E-state index is -0.348. The highest BCUT2D eigenvalue weighted by atomic mass is 16.6. The van der Waals surface area contributed by atoms with Crippen LogP contribution in [0.25, 0.3) is 0 Å². The van der Waals surface area contributed by atoms with Crippen LogP contribution in [0.15, 0.2) is 42.6 Å². The summed E-state index contributed by atoms with van der Waals surface area (Å²) in [5.41, 5.74) is 2.25. The summed E-state index contributed by atoms with van der Waals surface area (Å²) in [6.07, 6.45) is 3.12. The third-order valence-electron chi connectivity index (χ3n) is 3.50. The molecular formula is C14H15N3O2. The second-order valence-corrected chi connectivity index (χ2v) is 4.72. The third-order valence-corrected chi connectivity index (χ3v) is 3.50. The van der Waals surface area contributed by atoms with Crippen LogP contribution in [0, 0.1) is 10.1 Å². The fourth-order valence-corrected chi connectivity index (χ4v) is 2.60. The molecule has 98 valence electrons. The minimum Gasteiger partial charge on any atom is -0.350 e. The van der Waals surface area contributed by atoms with Gasteiger partial charge in [0, 0.05) is 30.6 Å². The summed E-state index contributed by atoms with van der Waals surface area (Å²) < 4.78 is 2.21. The van der Waals surface area contributed by atoms with Crippen molar-refractivity contribution < 1.29 is 4.92 Å². The van der Waals surface area contributed by atoms with Crippen LogP contribution in [0.1, 0.15) is 23.7 Å². The number of nitrogens with zero attached hydrogens (tertiary/aromatic N) is 2. The topological polar surface area (TPSA) is 60.1 Å². The van der Waals surface area contributed by atoms with Crippen molar-refractivity contribution in [2.75, 3.05) is 6.54 Å². The molecule has 5 nitrogen and oxygen atoms in total. The molecule has 0 radical (unpaired) electrons. The summed E-state index contributed by atoms with van der Waals surface area (Å²) in [5, 5.41) is 14.3. The zero-order valence-electron chi connectivity index (χ0n) is 10.5. The molecule has 0 bridgehead atoms. The Morgan fingerprint density at radius 3 is 3.05 bits per heavy atom. The second-order valence-electron chi connectivity index (χ2n) is 4.72. The van der Waals surface area contributed by atoms with Crippen molar-refractivity contribution in [2.24, 2.45) is 0 Å². The molecule has 1 aromatic carbocycles. The summed E-state index contributed by atoms with van der Waals surface area (Å²) in [4.78, 5) is 10.5.